The smallest absolute Gasteiger partial charge is 0.307 e. The van der Waals surface area contributed by atoms with Gasteiger partial charge in [0.05, 0.1) is 6.42 Å². The van der Waals surface area contributed by atoms with Crippen LogP contribution in [-0.2, 0) is 16.0 Å². The molecule has 0 saturated heterocycles. The van der Waals surface area contributed by atoms with E-state index in [0.717, 1.165) is 22.1 Å². The zero-order valence-electron chi connectivity index (χ0n) is 15.7. The molecular weight excluding hydrogens is 356 g/mol. The summed E-state index contributed by atoms with van der Waals surface area (Å²) in [5.41, 5.74) is 3.65. The summed E-state index contributed by atoms with van der Waals surface area (Å²) < 4.78 is 11.0. The normalized spacial score (nSPS) is 12.4. The third-order valence-corrected chi connectivity index (χ3v) is 4.70. The maximum Gasteiger partial charge on any atom is 0.307 e. The number of benzene rings is 2. The van der Waals surface area contributed by atoms with Crippen molar-refractivity contribution < 1.29 is 18.7 Å². The minimum Gasteiger partial charge on any atom is -0.454 e. The molecule has 1 N–H and O–H groups in total. The van der Waals surface area contributed by atoms with Crippen molar-refractivity contribution >= 4 is 33.8 Å². The van der Waals surface area contributed by atoms with E-state index in [9.17, 15) is 9.59 Å². The number of aromatic nitrogens is 2. The van der Waals surface area contributed by atoms with Crippen LogP contribution in [0.15, 0.2) is 52.9 Å². The Bertz CT molecular complexity index is 1140. The highest BCUT2D eigenvalue weighted by Gasteiger charge is 2.24. The summed E-state index contributed by atoms with van der Waals surface area (Å²) in [5, 5.41) is 0.833. The third-order valence-electron chi connectivity index (χ3n) is 4.70. The van der Waals surface area contributed by atoms with Gasteiger partial charge in [-0.25, -0.2) is 4.98 Å². The zero-order chi connectivity index (χ0) is 19.7. The van der Waals surface area contributed by atoms with Crippen molar-refractivity contribution in [2.24, 2.45) is 0 Å². The van der Waals surface area contributed by atoms with Gasteiger partial charge in [0.15, 0.2) is 17.6 Å². The quantitative estimate of drug-likeness (QED) is 0.399. The lowest BCUT2D eigenvalue weighted by Crippen LogP contribution is -2.25. The molecule has 0 radical (unpaired) electrons. The molecule has 0 bridgehead atoms. The Morgan fingerprint density at radius 2 is 1.89 bits per heavy atom. The van der Waals surface area contributed by atoms with Crippen molar-refractivity contribution in [1.29, 1.82) is 0 Å². The number of hydrogen-bond acceptors (Lipinski definition) is 5. The Kier molecular flexibility index (Phi) is 4.69. The molecule has 6 heteroatoms. The summed E-state index contributed by atoms with van der Waals surface area (Å²) in [5.74, 6) is -0.199. The van der Waals surface area contributed by atoms with E-state index in [1.54, 1.807) is 6.92 Å². The summed E-state index contributed by atoms with van der Waals surface area (Å²) >= 11 is 0. The number of nitrogens with one attached hydrogen (secondary N) is 1. The molecule has 0 fully saturated rings. The molecule has 0 amide bonds. The van der Waals surface area contributed by atoms with Crippen LogP contribution in [0.2, 0.25) is 0 Å². The van der Waals surface area contributed by atoms with Gasteiger partial charge < -0.3 is 14.1 Å². The largest absolute Gasteiger partial charge is 0.454 e. The Labute approximate surface area is 161 Å². The fraction of sp³-hybridized carbons (Fsp3) is 0.227. The van der Waals surface area contributed by atoms with Crippen LogP contribution in [0.3, 0.4) is 0 Å². The monoisotopic (exact) mass is 376 g/mol. The number of H-pyrrole nitrogens is 1. The number of rotatable bonds is 6. The number of ketones is 1. The fourth-order valence-electron chi connectivity index (χ4n) is 3.34. The number of fused-ring (bicyclic) bond motifs is 2. The van der Waals surface area contributed by atoms with Crippen LogP contribution in [0.1, 0.15) is 35.3 Å². The van der Waals surface area contributed by atoms with E-state index in [1.807, 2.05) is 55.5 Å². The predicted octanol–water partition coefficient (Wildman–Crippen LogP) is 4.36. The van der Waals surface area contributed by atoms with E-state index in [0.29, 0.717) is 23.5 Å². The van der Waals surface area contributed by atoms with Crippen LogP contribution < -0.4 is 0 Å². The van der Waals surface area contributed by atoms with E-state index in [4.69, 9.17) is 9.15 Å². The molecule has 0 unspecified atom stereocenters. The van der Waals surface area contributed by atoms with Gasteiger partial charge in [0, 0.05) is 28.6 Å². The third kappa shape index (κ3) is 3.41. The molecule has 142 valence electrons. The van der Waals surface area contributed by atoms with E-state index < -0.39 is 12.1 Å². The summed E-state index contributed by atoms with van der Waals surface area (Å²) in [6, 6.07) is 15.0. The zero-order valence-corrected chi connectivity index (χ0v) is 15.7. The van der Waals surface area contributed by atoms with Crippen molar-refractivity contribution in [3.05, 3.63) is 65.7 Å². The van der Waals surface area contributed by atoms with Crippen LogP contribution in [0.5, 0.6) is 0 Å². The molecule has 6 nitrogen and oxygen atoms in total. The number of aromatic amines is 1. The first-order valence-electron chi connectivity index (χ1n) is 9.18. The number of esters is 1. The van der Waals surface area contributed by atoms with Gasteiger partial charge in [-0.2, -0.15) is 0 Å². The maximum atomic E-state index is 12.8. The van der Waals surface area contributed by atoms with Crippen molar-refractivity contribution in [2.75, 3.05) is 0 Å². The number of aryl methyl sites for hydroxylation is 2. The molecular formula is C22H20N2O4. The van der Waals surface area contributed by atoms with Gasteiger partial charge >= 0.3 is 5.97 Å². The molecule has 0 aliphatic carbocycles. The second-order valence-electron chi connectivity index (χ2n) is 6.74. The topological polar surface area (TPSA) is 85.2 Å². The van der Waals surface area contributed by atoms with Gasteiger partial charge in [-0.05, 0) is 32.0 Å². The summed E-state index contributed by atoms with van der Waals surface area (Å²) in [4.78, 5) is 32.6. The van der Waals surface area contributed by atoms with Crippen LogP contribution >= 0.6 is 0 Å². The van der Waals surface area contributed by atoms with Gasteiger partial charge in [-0.15, -0.1) is 0 Å². The number of ether oxygens (including phenoxy) is 1. The molecule has 0 saturated carbocycles. The molecule has 4 aromatic rings. The highest BCUT2D eigenvalue weighted by molar-refractivity contribution is 6.11. The first kappa shape index (κ1) is 18.0. The Morgan fingerprint density at radius 3 is 2.71 bits per heavy atom. The summed E-state index contributed by atoms with van der Waals surface area (Å²) in [6.07, 6.45) is -0.452. The van der Waals surface area contributed by atoms with Gasteiger partial charge in [0.2, 0.25) is 5.78 Å². The van der Waals surface area contributed by atoms with Gasteiger partial charge in [-0.3, -0.25) is 9.59 Å². The first-order valence-corrected chi connectivity index (χ1v) is 9.18. The van der Waals surface area contributed by atoms with Gasteiger partial charge in [0.25, 0.3) is 0 Å². The standard InChI is InChI=1S/C22H20N2O4/c1-13-21(15-7-3-4-8-16(15)23-13)22(26)14(2)27-20(25)12-11-19-24-17-9-5-6-10-18(17)28-19/h3-10,14,23H,11-12H2,1-2H3/t14-/m1/s1. The number of nitrogens with zero attached hydrogens (tertiary/aromatic N) is 1. The lowest BCUT2D eigenvalue weighted by Gasteiger charge is -2.12. The second kappa shape index (κ2) is 7.31. The lowest BCUT2D eigenvalue weighted by atomic mass is 10.0. The minimum atomic E-state index is -0.867. The van der Waals surface area contributed by atoms with Crippen LogP contribution in [0.25, 0.3) is 22.0 Å². The summed E-state index contributed by atoms with van der Waals surface area (Å²) in [6.45, 7) is 3.44. The van der Waals surface area contributed by atoms with Crippen molar-refractivity contribution in [3.63, 3.8) is 0 Å². The van der Waals surface area contributed by atoms with Crippen molar-refractivity contribution in [2.45, 2.75) is 32.8 Å². The minimum absolute atomic E-state index is 0.0946. The van der Waals surface area contributed by atoms with E-state index >= 15 is 0 Å². The van der Waals surface area contributed by atoms with E-state index in [2.05, 4.69) is 9.97 Å². The molecule has 0 aliphatic heterocycles. The molecule has 0 spiro atoms. The molecule has 1 atom stereocenters. The van der Waals surface area contributed by atoms with Crippen molar-refractivity contribution in [3.8, 4) is 0 Å². The molecule has 2 heterocycles. The Morgan fingerprint density at radius 1 is 1.14 bits per heavy atom. The Hall–Kier alpha value is -3.41. The average molecular weight is 376 g/mol. The first-order chi connectivity index (χ1) is 13.5. The number of hydrogen-bond donors (Lipinski definition) is 1. The lowest BCUT2D eigenvalue weighted by molar-refractivity contribution is -0.146. The van der Waals surface area contributed by atoms with Crippen molar-refractivity contribution in [1.82, 2.24) is 9.97 Å². The maximum absolute atomic E-state index is 12.8. The SMILES string of the molecule is Cc1[nH]c2ccccc2c1C(=O)[C@@H](C)OC(=O)CCc1nc2ccccc2o1. The molecule has 2 aromatic carbocycles. The highest BCUT2D eigenvalue weighted by atomic mass is 16.5. The fourth-order valence-corrected chi connectivity index (χ4v) is 3.34. The summed E-state index contributed by atoms with van der Waals surface area (Å²) in [7, 11) is 0. The number of carbonyl (C=O) groups excluding carboxylic acids is 2. The molecule has 28 heavy (non-hydrogen) atoms. The van der Waals surface area contributed by atoms with Gasteiger partial charge in [-0.1, -0.05) is 30.3 Å². The van der Waals surface area contributed by atoms with Crippen LogP contribution in [0, 0.1) is 6.92 Å². The number of para-hydroxylation sites is 3. The number of carbonyl (C=O) groups is 2. The van der Waals surface area contributed by atoms with Crippen LogP contribution in [0.4, 0.5) is 0 Å². The van der Waals surface area contributed by atoms with Gasteiger partial charge in [0.1, 0.15) is 5.52 Å². The predicted molar refractivity (Wildman–Crippen MR) is 105 cm³/mol. The average Bonchev–Trinajstić information content (AvgIpc) is 3.25. The number of Topliss-reactive ketones (excluding diaryl/α,β-unsaturated/α-hetero) is 1. The Balaban J connectivity index is 1.41. The molecule has 0 aliphatic rings. The highest BCUT2D eigenvalue weighted by Crippen LogP contribution is 2.24. The van der Waals surface area contributed by atoms with Crippen LogP contribution in [-0.4, -0.2) is 27.8 Å². The van der Waals surface area contributed by atoms with E-state index in [1.165, 1.54) is 0 Å². The molecule has 4 rings (SSSR count). The second-order valence-corrected chi connectivity index (χ2v) is 6.74. The molecule has 2 aromatic heterocycles. The van der Waals surface area contributed by atoms with E-state index in [-0.39, 0.29) is 12.2 Å². The number of oxazole rings is 1.